The number of ether oxygens (including phenoxy) is 1. The van der Waals surface area contributed by atoms with Crippen molar-refractivity contribution < 1.29 is 4.74 Å². The second kappa shape index (κ2) is 4.34. The van der Waals surface area contributed by atoms with E-state index in [0.29, 0.717) is 5.92 Å². The summed E-state index contributed by atoms with van der Waals surface area (Å²) in [5.74, 6) is 1.76. The van der Waals surface area contributed by atoms with Crippen LogP contribution in [-0.4, -0.2) is 19.2 Å². The lowest BCUT2D eigenvalue weighted by Crippen LogP contribution is -2.37. The quantitative estimate of drug-likeness (QED) is 0.845. The number of aryl methyl sites for hydroxylation is 1. The lowest BCUT2D eigenvalue weighted by molar-refractivity contribution is 0.348. The monoisotopic (exact) mass is 231 g/mol. The minimum absolute atomic E-state index is 0.684. The van der Waals surface area contributed by atoms with Crippen molar-refractivity contribution in [1.82, 2.24) is 5.32 Å². The predicted octanol–water partition coefficient (Wildman–Crippen LogP) is 3.00. The van der Waals surface area contributed by atoms with Crippen LogP contribution in [0.15, 0.2) is 18.2 Å². The van der Waals surface area contributed by atoms with E-state index in [9.17, 15) is 0 Å². The molecule has 2 unspecified atom stereocenters. The fourth-order valence-corrected chi connectivity index (χ4v) is 3.48. The average molecular weight is 231 g/mol. The molecule has 0 aliphatic carbocycles. The van der Waals surface area contributed by atoms with E-state index >= 15 is 0 Å². The van der Waals surface area contributed by atoms with E-state index in [-0.39, 0.29) is 0 Å². The van der Waals surface area contributed by atoms with Crippen molar-refractivity contribution in [2.75, 3.05) is 7.11 Å². The van der Waals surface area contributed by atoms with Crippen molar-refractivity contribution in [3.63, 3.8) is 0 Å². The van der Waals surface area contributed by atoms with E-state index in [0.717, 1.165) is 17.8 Å². The molecule has 0 radical (unpaired) electrons. The zero-order chi connectivity index (χ0) is 11.8. The van der Waals surface area contributed by atoms with Crippen molar-refractivity contribution in [3.05, 3.63) is 29.3 Å². The van der Waals surface area contributed by atoms with Gasteiger partial charge in [-0.3, -0.25) is 0 Å². The highest BCUT2D eigenvalue weighted by molar-refractivity contribution is 5.40. The molecule has 1 N–H and O–H groups in total. The molecule has 2 heteroatoms. The smallest absolute Gasteiger partial charge is 0.122 e. The Labute approximate surface area is 103 Å². The molecule has 0 spiro atoms. The number of fused-ring (bicyclic) bond motifs is 2. The highest BCUT2D eigenvalue weighted by atomic mass is 16.5. The van der Waals surface area contributed by atoms with Crippen LogP contribution in [0.4, 0.5) is 0 Å². The van der Waals surface area contributed by atoms with Crippen LogP contribution in [0.3, 0.4) is 0 Å². The maximum absolute atomic E-state index is 5.52. The van der Waals surface area contributed by atoms with Gasteiger partial charge in [-0.15, -0.1) is 0 Å². The molecular weight excluding hydrogens is 210 g/mol. The van der Waals surface area contributed by atoms with Crippen LogP contribution in [0.5, 0.6) is 5.75 Å². The Morgan fingerprint density at radius 1 is 1.18 bits per heavy atom. The van der Waals surface area contributed by atoms with Gasteiger partial charge < -0.3 is 10.1 Å². The molecule has 1 aromatic carbocycles. The molecule has 2 saturated heterocycles. The van der Waals surface area contributed by atoms with Gasteiger partial charge in [-0.1, -0.05) is 17.7 Å². The number of methoxy groups -OCH3 is 1. The summed E-state index contributed by atoms with van der Waals surface area (Å²) in [5.41, 5.74) is 2.76. The van der Waals surface area contributed by atoms with Crippen molar-refractivity contribution in [1.29, 1.82) is 0 Å². The Morgan fingerprint density at radius 2 is 1.88 bits per heavy atom. The SMILES string of the molecule is COc1ccc(C)cc1C1CC2CCC(C1)N2. The standard InChI is InChI=1S/C15H21NO/c1-10-3-6-15(17-2)14(7-10)11-8-12-4-5-13(9-11)16-12/h3,6-7,11-13,16H,4-5,8-9H2,1-2H3. The van der Waals surface area contributed by atoms with Gasteiger partial charge in [0.25, 0.3) is 0 Å². The summed E-state index contributed by atoms with van der Waals surface area (Å²) in [6, 6.07) is 8.05. The van der Waals surface area contributed by atoms with Crippen LogP contribution < -0.4 is 10.1 Å². The van der Waals surface area contributed by atoms with Crippen molar-refractivity contribution in [2.24, 2.45) is 0 Å². The fourth-order valence-electron chi connectivity index (χ4n) is 3.48. The van der Waals surface area contributed by atoms with Crippen molar-refractivity contribution in [3.8, 4) is 5.75 Å². The molecular formula is C15H21NO. The summed E-state index contributed by atoms with van der Waals surface area (Å²) in [6.45, 7) is 2.17. The molecule has 2 atom stereocenters. The molecule has 2 bridgehead atoms. The lowest BCUT2D eigenvalue weighted by atomic mass is 9.85. The number of hydrogen-bond donors (Lipinski definition) is 1. The summed E-state index contributed by atoms with van der Waals surface area (Å²) in [4.78, 5) is 0. The third-order valence-corrected chi connectivity index (χ3v) is 4.30. The summed E-state index contributed by atoms with van der Waals surface area (Å²) in [5, 5.41) is 3.70. The van der Waals surface area contributed by atoms with Crippen LogP contribution in [0.25, 0.3) is 0 Å². The van der Waals surface area contributed by atoms with Gasteiger partial charge in [-0.25, -0.2) is 0 Å². The number of nitrogens with one attached hydrogen (secondary N) is 1. The highest BCUT2D eigenvalue weighted by Crippen LogP contribution is 2.40. The van der Waals surface area contributed by atoms with Gasteiger partial charge in [0.2, 0.25) is 0 Å². The first-order chi connectivity index (χ1) is 8.26. The maximum Gasteiger partial charge on any atom is 0.122 e. The van der Waals surface area contributed by atoms with E-state index in [4.69, 9.17) is 4.74 Å². The molecule has 2 heterocycles. The summed E-state index contributed by atoms with van der Waals surface area (Å²) < 4.78 is 5.52. The third kappa shape index (κ3) is 2.06. The maximum atomic E-state index is 5.52. The third-order valence-electron chi connectivity index (χ3n) is 4.30. The molecule has 2 aliphatic heterocycles. The lowest BCUT2D eigenvalue weighted by Gasteiger charge is -2.30. The van der Waals surface area contributed by atoms with E-state index in [1.54, 1.807) is 7.11 Å². The molecule has 92 valence electrons. The van der Waals surface area contributed by atoms with Crippen LogP contribution >= 0.6 is 0 Å². The average Bonchev–Trinajstić information content (AvgIpc) is 2.68. The number of hydrogen-bond acceptors (Lipinski definition) is 2. The van der Waals surface area contributed by atoms with E-state index in [2.05, 4.69) is 30.4 Å². The largest absolute Gasteiger partial charge is 0.496 e. The number of piperidine rings is 1. The summed E-state index contributed by atoms with van der Waals surface area (Å²) in [7, 11) is 1.78. The molecule has 0 saturated carbocycles. The van der Waals surface area contributed by atoms with Gasteiger partial charge in [0, 0.05) is 12.1 Å². The van der Waals surface area contributed by atoms with Gasteiger partial charge in [-0.05, 0) is 50.2 Å². The number of rotatable bonds is 2. The zero-order valence-electron chi connectivity index (χ0n) is 10.7. The van der Waals surface area contributed by atoms with Gasteiger partial charge in [0.05, 0.1) is 7.11 Å². The van der Waals surface area contributed by atoms with Gasteiger partial charge in [0.15, 0.2) is 0 Å². The van der Waals surface area contributed by atoms with Crippen LogP contribution in [-0.2, 0) is 0 Å². The van der Waals surface area contributed by atoms with E-state index in [1.165, 1.54) is 36.8 Å². The first-order valence-electron chi connectivity index (χ1n) is 6.67. The van der Waals surface area contributed by atoms with Crippen molar-refractivity contribution >= 4 is 0 Å². The fraction of sp³-hybridized carbons (Fsp3) is 0.600. The van der Waals surface area contributed by atoms with E-state index in [1.807, 2.05) is 0 Å². The van der Waals surface area contributed by atoms with Gasteiger partial charge in [0.1, 0.15) is 5.75 Å². The molecule has 1 aromatic rings. The summed E-state index contributed by atoms with van der Waals surface area (Å²) in [6.07, 6.45) is 5.26. The second-order valence-corrected chi connectivity index (χ2v) is 5.55. The van der Waals surface area contributed by atoms with Crippen LogP contribution in [0, 0.1) is 6.92 Å². The molecule has 2 fully saturated rings. The van der Waals surface area contributed by atoms with Crippen LogP contribution in [0.1, 0.15) is 42.7 Å². The van der Waals surface area contributed by atoms with Gasteiger partial charge >= 0.3 is 0 Å². The predicted molar refractivity (Wildman–Crippen MR) is 69.7 cm³/mol. The Kier molecular flexibility index (Phi) is 2.83. The van der Waals surface area contributed by atoms with E-state index < -0.39 is 0 Å². The van der Waals surface area contributed by atoms with Crippen molar-refractivity contribution in [2.45, 2.75) is 50.6 Å². The highest BCUT2D eigenvalue weighted by Gasteiger charge is 2.34. The number of benzene rings is 1. The molecule has 0 aromatic heterocycles. The molecule has 3 rings (SSSR count). The Balaban J connectivity index is 1.90. The zero-order valence-corrected chi connectivity index (χ0v) is 10.7. The first-order valence-corrected chi connectivity index (χ1v) is 6.67. The minimum Gasteiger partial charge on any atom is -0.496 e. The Morgan fingerprint density at radius 3 is 2.53 bits per heavy atom. The topological polar surface area (TPSA) is 21.3 Å². The Hall–Kier alpha value is -1.02. The Bertz CT molecular complexity index is 403. The molecule has 2 aliphatic rings. The van der Waals surface area contributed by atoms with Gasteiger partial charge in [-0.2, -0.15) is 0 Å². The minimum atomic E-state index is 0.684. The van der Waals surface area contributed by atoms with Crippen LogP contribution in [0.2, 0.25) is 0 Å². The molecule has 0 amide bonds. The second-order valence-electron chi connectivity index (χ2n) is 5.55. The molecule has 17 heavy (non-hydrogen) atoms. The first kappa shape index (κ1) is 11.1. The molecule has 2 nitrogen and oxygen atoms in total. The normalized spacial score (nSPS) is 31.5. The summed E-state index contributed by atoms with van der Waals surface area (Å²) >= 11 is 0.